The third-order valence-electron chi connectivity index (χ3n) is 3.51. The average molecular weight is 276 g/mol. The number of ketones is 1. The van der Waals surface area contributed by atoms with Crippen molar-refractivity contribution in [2.45, 2.75) is 58.5 Å². The summed E-state index contributed by atoms with van der Waals surface area (Å²) in [5.74, 6) is 0.926. The second-order valence-corrected chi connectivity index (χ2v) is 7.27. The van der Waals surface area contributed by atoms with E-state index in [9.17, 15) is 9.90 Å². The highest BCUT2D eigenvalue weighted by atomic mass is 16.5. The molecule has 1 heterocycles. The van der Waals surface area contributed by atoms with Crippen LogP contribution in [0.4, 0.5) is 0 Å². The molecule has 2 rings (SSSR count). The Morgan fingerprint density at radius 1 is 1.25 bits per heavy atom. The van der Waals surface area contributed by atoms with Gasteiger partial charge < -0.3 is 9.84 Å². The molecule has 1 aromatic carbocycles. The molecule has 110 valence electrons. The van der Waals surface area contributed by atoms with E-state index in [-0.39, 0.29) is 17.6 Å². The largest absolute Gasteiger partial charge is 0.493 e. The van der Waals surface area contributed by atoms with Crippen molar-refractivity contribution in [3.63, 3.8) is 0 Å². The fourth-order valence-corrected chi connectivity index (χ4v) is 2.52. The number of carbonyl (C=O) groups excluding carboxylic acids is 1. The van der Waals surface area contributed by atoms with Gasteiger partial charge in [0.2, 0.25) is 0 Å². The van der Waals surface area contributed by atoms with Gasteiger partial charge in [0.05, 0.1) is 12.2 Å². The van der Waals surface area contributed by atoms with Crippen molar-refractivity contribution in [1.82, 2.24) is 0 Å². The van der Waals surface area contributed by atoms with Gasteiger partial charge in [-0.2, -0.15) is 0 Å². The molecule has 0 saturated heterocycles. The van der Waals surface area contributed by atoms with Gasteiger partial charge >= 0.3 is 0 Å². The van der Waals surface area contributed by atoms with E-state index in [1.807, 2.05) is 12.1 Å². The molecule has 1 aromatic rings. The maximum atomic E-state index is 12.3. The van der Waals surface area contributed by atoms with E-state index >= 15 is 0 Å². The fraction of sp³-hybridized carbons (Fsp3) is 0.588. The highest BCUT2D eigenvalue weighted by Crippen LogP contribution is 2.38. The number of rotatable bonds is 3. The number of benzene rings is 1. The second kappa shape index (κ2) is 4.88. The lowest BCUT2D eigenvalue weighted by Gasteiger charge is -2.23. The Hall–Kier alpha value is -1.35. The fourth-order valence-electron chi connectivity index (χ4n) is 2.52. The molecule has 20 heavy (non-hydrogen) atoms. The van der Waals surface area contributed by atoms with E-state index in [2.05, 4.69) is 20.8 Å². The SMILES string of the molecule is CC(C)(O)CC(=O)c1cc2c(c(C(C)(C)C)c1)OCC2. The molecule has 0 saturated carbocycles. The summed E-state index contributed by atoms with van der Waals surface area (Å²) in [4.78, 5) is 12.3. The molecule has 1 aliphatic rings. The predicted octanol–water partition coefficient (Wildman–Crippen LogP) is 3.26. The predicted molar refractivity (Wildman–Crippen MR) is 79.6 cm³/mol. The van der Waals surface area contributed by atoms with Crippen molar-refractivity contribution in [2.24, 2.45) is 0 Å². The summed E-state index contributed by atoms with van der Waals surface area (Å²) in [5, 5.41) is 9.83. The van der Waals surface area contributed by atoms with Gasteiger partial charge in [-0.15, -0.1) is 0 Å². The van der Waals surface area contributed by atoms with Crippen LogP contribution >= 0.6 is 0 Å². The number of fused-ring (bicyclic) bond motifs is 1. The molecule has 3 nitrogen and oxygen atoms in total. The van der Waals surface area contributed by atoms with Crippen LogP contribution in [-0.4, -0.2) is 23.1 Å². The van der Waals surface area contributed by atoms with E-state index in [0.717, 1.165) is 23.3 Å². The summed E-state index contributed by atoms with van der Waals surface area (Å²) in [6, 6.07) is 3.85. The standard InChI is InChI=1S/C17H24O3/c1-16(2,3)13-9-12(14(18)10-17(4,5)19)8-11-6-7-20-15(11)13/h8-9,19H,6-7,10H2,1-5H3. The summed E-state index contributed by atoms with van der Waals surface area (Å²) in [6.07, 6.45) is 0.984. The molecule has 0 spiro atoms. The smallest absolute Gasteiger partial charge is 0.165 e. The summed E-state index contributed by atoms with van der Waals surface area (Å²) < 4.78 is 5.73. The number of carbonyl (C=O) groups is 1. The zero-order valence-electron chi connectivity index (χ0n) is 13.0. The Kier molecular flexibility index (Phi) is 3.67. The van der Waals surface area contributed by atoms with Crippen LogP contribution in [0.1, 0.15) is 62.5 Å². The lowest BCUT2D eigenvalue weighted by atomic mass is 9.83. The molecule has 0 aliphatic carbocycles. The zero-order valence-corrected chi connectivity index (χ0v) is 13.0. The van der Waals surface area contributed by atoms with E-state index in [1.54, 1.807) is 13.8 Å². The van der Waals surface area contributed by atoms with Crippen LogP contribution in [-0.2, 0) is 11.8 Å². The Balaban J connectivity index is 2.44. The Morgan fingerprint density at radius 3 is 2.45 bits per heavy atom. The van der Waals surface area contributed by atoms with Gasteiger partial charge in [0, 0.05) is 24.0 Å². The second-order valence-electron chi connectivity index (χ2n) is 7.27. The number of Topliss-reactive ketones (excluding diaryl/α,β-unsaturated/α-hetero) is 1. The minimum Gasteiger partial charge on any atom is -0.493 e. The molecule has 0 unspecified atom stereocenters. The molecule has 0 atom stereocenters. The summed E-state index contributed by atoms with van der Waals surface area (Å²) >= 11 is 0. The minimum absolute atomic E-state index is 0.0160. The molecule has 0 aromatic heterocycles. The number of hydrogen-bond acceptors (Lipinski definition) is 3. The lowest BCUT2D eigenvalue weighted by Crippen LogP contribution is -2.24. The number of aliphatic hydroxyl groups is 1. The van der Waals surface area contributed by atoms with Crippen molar-refractivity contribution in [3.05, 3.63) is 28.8 Å². The van der Waals surface area contributed by atoms with Gasteiger partial charge in [-0.3, -0.25) is 4.79 Å². The molecule has 1 N–H and O–H groups in total. The van der Waals surface area contributed by atoms with Gasteiger partial charge in [0.25, 0.3) is 0 Å². The van der Waals surface area contributed by atoms with E-state index in [4.69, 9.17) is 4.74 Å². The molecule has 0 radical (unpaired) electrons. The number of ether oxygens (including phenoxy) is 1. The third kappa shape index (κ3) is 3.21. The lowest BCUT2D eigenvalue weighted by molar-refractivity contribution is 0.0587. The van der Waals surface area contributed by atoms with Crippen LogP contribution in [0.25, 0.3) is 0 Å². The molecule has 3 heteroatoms. The molecular weight excluding hydrogens is 252 g/mol. The van der Waals surface area contributed by atoms with Crippen molar-refractivity contribution >= 4 is 5.78 Å². The topological polar surface area (TPSA) is 46.5 Å². The van der Waals surface area contributed by atoms with Crippen LogP contribution in [0.3, 0.4) is 0 Å². The van der Waals surface area contributed by atoms with Crippen molar-refractivity contribution < 1.29 is 14.6 Å². The third-order valence-corrected chi connectivity index (χ3v) is 3.51. The van der Waals surface area contributed by atoms with Gasteiger partial charge in [-0.1, -0.05) is 20.8 Å². The number of hydrogen-bond donors (Lipinski definition) is 1. The van der Waals surface area contributed by atoms with Gasteiger partial charge in [0.15, 0.2) is 5.78 Å². The minimum atomic E-state index is -0.978. The van der Waals surface area contributed by atoms with Crippen LogP contribution < -0.4 is 4.74 Å². The molecule has 1 aliphatic heterocycles. The highest BCUT2D eigenvalue weighted by molar-refractivity contribution is 5.97. The van der Waals surface area contributed by atoms with E-state index in [0.29, 0.717) is 12.2 Å². The monoisotopic (exact) mass is 276 g/mol. The maximum Gasteiger partial charge on any atom is 0.165 e. The van der Waals surface area contributed by atoms with Gasteiger partial charge in [-0.25, -0.2) is 0 Å². The van der Waals surface area contributed by atoms with Crippen LogP contribution in [0.2, 0.25) is 0 Å². The van der Waals surface area contributed by atoms with Gasteiger partial charge in [-0.05, 0) is 37.0 Å². The first-order valence-electron chi connectivity index (χ1n) is 7.14. The Bertz CT molecular complexity index is 530. The van der Waals surface area contributed by atoms with Crippen molar-refractivity contribution in [2.75, 3.05) is 6.61 Å². The normalized spacial score (nSPS) is 14.9. The maximum absolute atomic E-state index is 12.3. The Labute approximate surface area is 121 Å². The summed E-state index contributed by atoms with van der Waals surface area (Å²) in [6.45, 7) is 10.4. The van der Waals surface area contributed by atoms with Crippen LogP contribution in [0.15, 0.2) is 12.1 Å². The molecule has 0 fully saturated rings. The van der Waals surface area contributed by atoms with Gasteiger partial charge in [0.1, 0.15) is 5.75 Å². The van der Waals surface area contributed by atoms with Crippen LogP contribution in [0, 0.1) is 0 Å². The highest BCUT2D eigenvalue weighted by Gasteiger charge is 2.28. The Morgan fingerprint density at radius 2 is 1.90 bits per heavy atom. The molecule has 0 amide bonds. The van der Waals surface area contributed by atoms with E-state index < -0.39 is 5.60 Å². The quantitative estimate of drug-likeness (QED) is 0.862. The van der Waals surface area contributed by atoms with Crippen molar-refractivity contribution in [3.8, 4) is 5.75 Å². The van der Waals surface area contributed by atoms with E-state index in [1.165, 1.54) is 0 Å². The summed E-state index contributed by atoms with van der Waals surface area (Å²) in [7, 11) is 0. The first kappa shape index (κ1) is 15.0. The van der Waals surface area contributed by atoms with Crippen LogP contribution in [0.5, 0.6) is 5.75 Å². The first-order valence-corrected chi connectivity index (χ1v) is 7.14. The molecule has 0 bridgehead atoms. The summed E-state index contributed by atoms with van der Waals surface area (Å²) in [5.41, 5.74) is 1.82. The first-order chi connectivity index (χ1) is 9.08. The van der Waals surface area contributed by atoms with Crippen molar-refractivity contribution in [1.29, 1.82) is 0 Å². The zero-order chi connectivity index (χ0) is 15.1. The average Bonchev–Trinajstić information content (AvgIpc) is 2.71. The molecular formula is C17H24O3.